The van der Waals surface area contributed by atoms with E-state index in [1.165, 1.54) is 17.4 Å². The van der Waals surface area contributed by atoms with Gasteiger partial charge in [-0.1, -0.05) is 12.1 Å². The Morgan fingerprint density at radius 1 is 1.41 bits per heavy atom. The van der Waals surface area contributed by atoms with E-state index in [-0.39, 0.29) is 11.3 Å². The second-order valence-corrected chi connectivity index (χ2v) is 4.44. The van der Waals surface area contributed by atoms with Gasteiger partial charge in [-0.2, -0.15) is 5.26 Å². The number of hydrogen-bond donors (Lipinski definition) is 2. The monoisotopic (exact) mass is 248 g/mol. The van der Waals surface area contributed by atoms with Crippen LogP contribution in [0.2, 0.25) is 0 Å². The summed E-state index contributed by atoms with van der Waals surface area (Å²) in [6.45, 7) is 0. The van der Waals surface area contributed by atoms with Crippen molar-refractivity contribution >= 4 is 11.3 Å². The topological polar surface area (TPSA) is 70.0 Å². The van der Waals surface area contributed by atoms with E-state index in [4.69, 9.17) is 11.0 Å². The lowest BCUT2D eigenvalue weighted by molar-refractivity contribution is 0.457. The minimum Gasteiger partial charge on any atom is -0.506 e. The van der Waals surface area contributed by atoms with Crippen LogP contribution in [-0.2, 0) is 0 Å². The Morgan fingerprint density at radius 2 is 2.18 bits per heavy atom. The fraction of sp³-hybridized carbons (Fsp3) is 0.0833. The number of nitriles is 1. The molecule has 0 aliphatic heterocycles. The van der Waals surface area contributed by atoms with Crippen molar-refractivity contribution in [3.8, 4) is 11.8 Å². The van der Waals surface area contributed by atoms with Crippen molar-refractivity contribution in [2.75, 3.05) is 0 Å². The average Bonchev–Trinajstić information content (AvgIpc) is 2.82. The van der Waals surface area contributed by atoms with E-state index < -0.39 is 11.9 Å². The quantitative estimate of drug-likeness (QED) is 0.857. The third-order valence-corrected chi connectivity index (χ3v) is 3.41. The molecule has 0 amide bonds. The van der Waals surface area contributed by atoms with Crippen LogP contribution in [0.4, 0.5) is 4.39 Å². The van der Waals surface area contributed by atoms with Gasteiger partial charge >= 0.3 is 0 Å². The maximum Gasteiger partial charge on any atom is 0.144 e. The molecule has 0 saturated carbocycles. The van der Waals surface area contributed by atoms with Gasteiger partial charge < -0.3 is 10.8 Å². The van der Waals surface area contributed by atoms with Crippen molar-refractivity contribution in [2.24, 2.45) is 5.73 Å². The van der Waals surface area contributed by atoms with E-state index in [2.05, 4.69) is 0 Å². The third kappa shape index (κ3) is 2.00. The van der Waals surface area contributed by atoms with Gasteiger partial charge in [-0.25, -0.2) is 4.39 Å². The van der Waals surface area contributed by atoms with Crippen LogP contribution in [0.5, 0.6) is 5.75 Å². The highest BCUT2D eigenvalue weighted by Gasteiger charge is 2.19. The predicted molar refractivity (Wildman–Crippen MR) is 63.1 cm³/mol. The molecule has 0 unspecified atom stereocenters. The van der Waals surface area contributed by atoms with Crippen LogP contribution in [0, 0.1) is 17.1 Å². The molecule has 0 radical (unpaired) electrons. The Bertz CT molecular complexity index is 575. The van der Waals surface area contributed by atoms with Crippen LogP contribution >= 0.6 is 11.3 Å². The summed E-state index contributed by atoms with van der Waals surface area (Å²) >= 11 is 1.44. The summed E-state index contributed by atoms with van der Waals surface area (Å²) in [6, 6.07) is 7.28. The predicted octanol–water partition coefficient (Wildman–Crippen LogP) is 2.51. The first-order valence-corrected chi connectivity index (χ1v) is 5.73. The molecule has 0 spiro atoms. The van der Waals surface area contributed by atoms with E-state index in [0.717, 1.165) is 10.9 Å². The van der Waals surface area contributed by atoms with Gasteiger partial charge in [-0.3, -0.25) is 0 Å². The standard InChI is InChI=1S/C12H9FN2OS/c13-9-4-3-7(12(16)8(9)6-14)11(15)10-2-1-5-17-10/h1-5,11,16H,15H2/t11-/m1/s1. The molecular weight excluding hydrogens is 239 g/mol. The van der Waals surface area contributed by atoms with Crippen LogP contribution < -0.4 is 5.73 Å². The van der Waals surface area contributed by atoms with Crippen molar-refractivity contribution in [3.05, 3.63) is 51.5 Å². The SMILES string of the molecule is N#Cc1c(F)ccc([C@@H](N)c2cccs2)c1O. The maximum absolute atomic E-state index is 13.2. The summed E-state index contributed by atoms with van der Waals surface area (Å²) in [5.74, 6) is -1.12. The number of nitrogens with two attached hydrogens (primary N) is 1. The first-order valence-electron chi connectivity index (χ1n) is 4.85. The number of nitrogens with zero attached hydrogens (tertiary/aromatic N) is 1. The number of phenolic OH excluding ortho intramolecular Hbond substituents is 1. The summed E-state index contributed by atoms with van der Waals surface area (Å²) in [7, 11) is 0. The summed E-state index contributed by atoms with van der Waals surface area (Å²) < 4.78 is 13.2. The second-order valence-electron chi connectivity index (χ2n) is 3.47. The molecule has 2 aromatic rings. The lowest BCUT2D eigenvalue weighted by Gasteiger charge is -2.13. The van der Waals surface area contributed by atoms with Crippen molar-refractivity contribution in [1.82, 2.24) is 0 Å². The largest absolute Gasteiger partial charge is 0.506 e. The van der Waals surface area contributed by atoms with Gasteiger partial charge in [0, 0.05) is 10.4 Å². The summed E-state index contributed by atoms with van der Waals surface area (Å²) in [5, 5.41) is 20.4. The van der Waals surface area contributed by atoms with Crippen molar-refractivity contribution < 1.29 is 9.50 Å². The molecule has 86 valence electrons. The lowest BCUT2D eigenvalue weighted by atomic mass is 10.0. The first kappa shape index (κ1) is 11.6. The molecular formula is C12H9FN2OS. The highest BCUT2D eigenvalue weighted by atomic mass is 32.1. The minimum atomic E-state index is -0.743. The van der Waals surface area contributed by atoms with Crippen LogP contribution in [0.25, 0.3) is 0 Å². The number of thiophene rings is 1. The van der Waals surface area contributed by atoms with Crippen LogP contribution in [0.3, 0.4) is 0 Å². The molecule has 1 aromatic heterocycles. The van der Waals surface area contributed by atoms with Gasteiger partial charge in [0.1, 0.15) is 23.2 Å². The van der Waals surface area contributed by atoms with E-state index in [9.17, 15) is 9.50 Å². The number of benzene rings is 1. The lowest BCUT2D eigenvalue weighted by Crippen LogP contribution is -2.11. The molecule has 3 nitrogen and oxygen atoms in total. The molecule has 1 atom stereocenters. The van der Waals surface area contributed by atoms with Gasteiger partial charge in [0.15, 0.2) is 0 Å². The van der Waals surface area contributed by atoms with E-state index in [1.807, 2.05) is 17.5 Å². The van der Waals surface area contributed by atoms with Gasteiger partial charge in [0.05, 0.1) is 6.04 Å². The number of hydrogen-bond acceptors (Lipinski definition) is 4. The van der Waals surface area contributed by atoms with E-state index >= 15 is 0 Å². The Morgan fingerprint density at radius 3 is 2.76 bits per heavy atom. The van der Waals surface area contributed by atoms with Crippen LogP contribution in [-0.4, -0.2) is 5.11 Å². The van der Waals surface area contributed by atoms with Gasteiger partial charge in [-0.05, 0) is 17.5 Å². The molecule has 17 heavy (non-hydrogen) atoms. The summed E-state index contributed by atoms with van der Waals surface area (Å²) in [6.07, 6.45) is 0. The third-order valence-electron chi connectivity index (χ3n) is 2.45. The number of halogens is 1. The van der Waals surface area contributed by atoms with Gasteiger partial charge in [0.25, 0.3) is 0 Å². The zero-order valence-electron chi connectivity index (χ0n) is 8.72. The zero-order valence-corrected chi connectivity index (χ0v) is 9.54. The molecule has 0 saturated heterocycles. The second kappa shape index (κ2) is 4.53. The number of phenols is 1. The van der Waals surface area contributed by atoms with Crippen molar-refractivity contribution in [3.63, 3.8) is 0 Å². The normalized spacial score (nSPS) is 12.1. The maximum atomic E-state index is 13.2. The molecule has 5 heteroatoms. The number of aromatic hydroxyl groups is 1. The smallest absolute Gasteiger partial charge is 0.144 e. The Hall–Kier alpha value is -1.90. The molecule has 1 aromatic carbocycles. The molecule has 0 fully saturated rings. The molecule has 2 rings (SSSR count). The molecule has 3 N–H and O–H groups in total. The van der Waals surface area contributed by atoms with E-state index in [0.29, 0.717) is 5.56 Å². The average molecular weight is 248 g/mol. The van der Waals surface area contributed by atoms with E-state index in [1.54, 1.807) is 6.07 Å². The van der Waals surface area contributed by atoms with Gasteiger partial charge in [-0.15, -0.1) is 11.3 Å². The molecule has 0 aliphatic rings. The highest BCUT2D eigenvalue weighted by Crippen LogP contribution is 2.33. The first-order chi connectivity index (χ1) is 8.15. The zero-order chi connectivity index (χ0) is 12.4. The number of rotatable bonds is 2. The summed E-state index contributed by atoms with van der Waals surface area (Å²) in [4.78, 5) is 0.843. The van der Waals surface area contributed by atoms with Gasteiger partial charge in [0.2, 0.25) is 0 Å². The fourth-order valence-electron chi connectivity index (χ4n) is 1.56. The minimum absolute atomic E-state index is 0.352. The Balaban J connectivity index is 2.51. The molecule has 0 bridgehead atoms. The Kier molecular flexibility index (Phi) is 3.09. The van der Waals surface area contributed by atoms with Crippen molar-refractivity contribution in [2.45, 2.75) is 6.04 Å². The highest BCUT2D eigenvalue weighted by molar-refractivity contribution is 7.10. The Labute approximate surface area is 102 Å². The van der Waals surface area contributed by atoms with Crippen LogP contribution in [0.15, 0.2) is 29.6 Å². The molecule has 0 aliphatic carbocycles. The van der Waals surface area contributed by atoms with Crippen molar-refractivity contribution in [1.29, 1.82) is 5.26 Å². The fourth-order valence-corrected chi connectivity index (χ4v) is 2.31. The van der Waals surface area contributed by atoms with Crippen LogP contribution in [0.1, 0.15) is 22.0 Å². The molecule has 1 heterocycles. The summed E-state index contributed by atoms with van der Waals surface area (Å²) in [5.41, 5.74) is 5.94.